The molecule has 0 radical (unpaired) electrons. The summed E-state index contributed by atoms with van der Waals surface area (Å²) in [4.78, 5) is 12.6. The van der Waals surface area contributed by atoms with Crippen molar-refractivity contribution in [1.29, 1.82) is 0 Å². The van der Waals surface area contributed by atoms with Crippen molar-refractivity contribution < 1.29 is 14.3 Å². The monoisotopic (exact) mass is 472 g/mol. The fourth-order valence-electron chi connectivity index (χ4n) is 3.71. The minimum absolute atomic E-state index is 0.0906. The Morgan fingerprint density at radius 1 is 0.971 bits per heavy atom. The molecule has 0 saturated heterocycles. The molecule has 1 aromatic heterocycles. The van der Waals surface area contributed by atoms with Gasteiger partial charge in [-0.05, 0) is 54.8 Å². The molecule has 0 atom stereocenters. The molecule has 1 aliphatic heterocycles. The lowest BCUT2D eigenvalue weighted by Gasteiger charge is -2.11. The molecule has 8 heteroatoms. The summed E-state index contributed by atoms with van der Waals surface area (Å²) in [5.74, 6) is 2.35. The molecule has 1 aliphatic rings. The quantitative estimate of drug-likeness (QED) is 0.379. The third-order valence-electron chi connectivity index (χ3n) is 5.65. The molecule has 3 aromatic carbocycles. The van der Waals surface area contributed by atoms with E-state index in [0.717, 1.165) is 39.7 Å². The minimum Gasteiger partial charge on any atom is -0.454 e. The molecule has 7 nitrogen and oxygen atoms in total. The number of nitrogens with one attached hydrogen (secondary N) is 1. The highest BCUT2D eigenvalue weighted by atomic mass is 32.2. The number of benzene rings is 3. The van der Waals surface area contributed by atoms with Gasteiger partial charge in [-0.3, -0.25) is 9.36 Å². The number of anilines is 1. The molecule has 0 saturated carbocycles. The number of carbonyl (C=O) groups excluding carboxylic acids is 1. The van der Waals surface area contributed by atoms with E-state index >= 15 is 0 Å². The summed E-state index contributed by atoms with van der Waals surface area (Å²) in [6.45, 7) is 4.85. The predicted molar refractivity (Wildman–Crippen MR) is 132 cm³/mol. The molecule has 0 fully saturated rings. The van der Waals surface area contributed by atoms with Crippen molar-refractivity contribution >= 4 is 23.4 Å². The smallest absolute Gasteiger partial charge is 0.234 e. The second-order valence-corrected chi connectivity index (χ2v) is 9.02. The molecular weight excluding hydrogens is 448 g/mol. The van der Waals surface area contributed by atoms with Gasteiger partial charge in [0.2, 0.25) is 12.7 Å². The maximum atomic E-state index is 12.6. The van der Waals surface area contributed by atoms with Crippen LogP contribution in [0.25, 0.3) is 11.4 Å². The van der Waals surface area contributed by atoms with Crippen LogP contribution >= 0.6 is 11.8 Å². The van der Waals surface area contributed by atoms with Gasteiger partial charge in [0.1, 0.15) is 0 Å². The molecule has 4 aromatic rings. The fourth-order valence-corrected chi connectivity index (χ4v) is 4.44. The van der Waals surface area contributed by atoms with E-state index in [1.54, 1.807) is 0 Å². The largest absolute Gasteiger partial charge is 0.454 e. The topological polar surface area (TPSA) is 78.3 Å². The average molecular weight is 473 g/mol. The minimum atomic E-state index is -0.0906. The Morgan fingerprint density at radius 3 is 2.62 bits per heavy atom. The average Bonchev–Trinajstić information content (AvgIpc) is 3.47. The Hall–Kier alpha value is -3.78. The molecular formula is C26H24N4O3S. The van der Waals surface area contributed by atoms with Crippen molar-refractivity contribution in [3.8, 4) is 22.9 Å². The lowest BCUT2D eigenvalue weighted by molar-refractivity contribution is -0.113. The number of aryl methyl sites for hydroxylation is 2. The highest BCUT2D eigenvalue weighted by molar-refractivity contribution is 7.99. The van der Waals surface area contributed by atoms with Gasteiger partial charge in [0.25, 0.3) is 0 Å². The van der Waals surface area contributed by atoms with E-state index in [1.807, 2.05) is 85.1 Å². The van der Waals surface area contributed by atoms with E-state index in [2.05, 4.69) is 15.5 Å². The highest BCUT2D eigenvalue weighted by Crippen LogP contribution is 2.33. The van der Waals surface area contributed by atoms with Gasteiger partial charge in [0.05, 0.1) is 12.3 Å². The Morgan fingerprint density at radius 2 is 1.79 bits per heavy atom. The zero-order valence-electron chi connectivity index (χ0n) is 18.9. The summed E-state index contributed by atoms with van der Waals surface area (Å²) in [7, 11) is 0. The predicted octanol–water partition coefficient (Wildman–Crippen LogP) is 5.07. The molecule has 2 heterocycles. The summed E-state index contributed by atoms with van der Waals surface area (Å²) in [5, 5.41) is 12.5. The van der Waals surface area contributed by atoms with Crippen LogP contribution in [0, 0.1) is 13.8 Å². The van der Waals surface area contributed by atoms with E-state index in [9.17, 15) is 4.79 Å². The first kappa shape index (κ1) is 22.0. The lowest BCUT2D eigenvalue weighted by atomic mass is 10.1. The number of aromatic nitrogens is 3. The molecule has 5 rings (SSSR count). The van der Waals surface area contributed by atoms with Gasteiger partial charge in [0.15, 0.2) is 22.5 Å². The molecule has 1 amide bonds. The van der Waals surface area contributed by atoms with E-state index in [4.69, 9.17) is 9.47 Å². The van der Waals surface area contributed by atoms with Gasteiger partial charge >= 0.3 is 0 Å². The number of thioether (sulfide) groups is 1. The third-order valence-corrected chi connectivity index (χ3v) is 6.62. The second kappa shape index (κ2) is 9.61. The molecule has 0 aliphatic carbocycles. The number of hydrogen-bond donors (Lipinski definition) is 1. The van der Waals surface area contributed by atoms with Gasteiger partial charge in [-0.25, -0.2) is 0 Å². The van der Waals surface area contributed by atoms with Crippen LogP contribution in [-0.2, 0) is 11.3 Å². The molecule has 0 unspecified atom stereocenters. The van der Waals surface area contributed by atoms with Crippen LogP contribution in [0.2, 0.25) is 0 Å². The normalized spacial score (nSPS) is 12.1. The van der Waals surface area contributed by atoms with Crippen molar-refractivity contribution in [1.82, 2.24) is 14.8 Å². The van der Waals surface area contributed by atoms with Gasteiger partial charge < -0.3 is 14.8 Å². The van der Waals surface area contributed by atoms with E-state index in [0.29, 0.717) is 11.7 Å². The number of fused-ring (bicyclic) bond motifs is 1. The first-order chi connectivity index (χ1) is 16.6. The Labute approximate surface area is 202 Å². The molecule has 34 heavy (non-hydrogen) atoms. The van der Waals surface area contributed by atoms with Crippen molar-refractivity contribution in [2.75, 3.05) is 17.9 Å². The molecule has 172 valence electrons. The van der Waals surface area contributed by atoms with Crippen LogP contribution in [0.3, 0.4) is 0 Å². The maximum Gasteiger partial charge on any atom is 0.234 e. The highest BCUT2D eigenvalue weighted by Gasteiger charge is 2.18. The van der Waals surface area contributed by atoms with Crippen LogP contribution in [0.5, 0.6) is 11.5 Å². The van der Waals surface area contributed by atoms with Crippen LogP contribution < -0.4 is 14.8 Å². The fraction of sp³-hybridized carbons (Fsp3) is 0.192. The van der Waals surface area contributed by atoms with Crippen LogP contribution in [-0.4, -0.2) is 33.2 Å². The van der Waals surface area contributed by atoms with Crippen molar-refractivity contribution in [3.63, 3.8) is 0 Å². The molecule has 0 bridgehead atoms. The van der Waals surface area contributed by atoms with Gasteiger partial charge in [-0.1, -0.05) is 54.2 Å². The molecule has 1 N–H and O–H groups in total. The third kappa shape index (κ3) is 4.77. The van der Waals surface area contributed by atoms with Crippen molar-refractivity contribution in [3.05, 3.63) is 83.4 Å². The summed E-state index contributed by atoms with van der Waals surface area (Å²) < 4.78 is 13.0. The van der Waals surface area contributed by atoms with E-state index in [1.165, 1.54) is 17.3 Å². The molecule has 0 spiro atoms. The van der Waals surface area contributed by atoms with Gasteiger partial charge in [-0.2, -0.15) is 0 Å². The number of amides is 1. The summed E-state index contributed by atoms with van der Waals surface area (Å²) in [6.07, 6.45) is 0. The van der Waals surface area contributed by atoms with Gasteiger partial charge in [-0.15, -0.1) is 10.2 Å². The summed E-state index contributed by atoms with van der Waals surface area (Å²) in [5.41, 5.74) is 5.11. The van der Waals surface area contributed by atoms with E-state index < -0.39 is 0 Å². The Balaban J connectivity index is 1.36. The number of rotatable bonds is 7. The number of ether oxygens (including phenoxy) is 2. The van der Waals surface area contributed by atoms with Crippen LogP contribution in [0.15, 0.2) is 71.9 Å². The van der Waals surface area contributed by atoms with Crippen LogP contribution in [0.4, 0.5) is 5.69 Å². The first-order valence-corrected chi connectivity index (χ1v) is 11.9. The zero-order chi connectivity index (χ0) is 23.5. The lowest BCUT2D eigenvalue weighted by Crippen LogP contribution is -2.15. The SMILES string of the molecule is Cc1ccc(NC(=O)CSc2nnc(-c3ccccc3)n2Cc2ccc3c(c2)OCO3)cc1C. The maximum absolute atomic E-state index is 12.6. The summed E-state index contributed by atoms with van der Waals surface area (Å²) in [6, 6.07) is 21.7. The first-order valence-electron chi connectivity index (χ1n) is 10.9. The standard InChI is InChI=1S/C26H24N4O3S/c1-17-8-10-21(12-18(17)2)27-24(31)15-34-26-29-28-25(20-6-4-3-5-7-20)30(26)14-19-9-11-22-23(13-19)33-16-32-22/h3-13H,14-16H2,1-2H3,(H,27,31). The van der Waals surface area contributed by atoms with Gasteiger partial charge in [0, 0.05) is 11.3 Å². The van der Waals surface area contributed by atoms with E-state index in [-0.39, 0.29) is 18.5 Å². The Kier molecular flexibility index (Phi) is 6.22. The van der Waals surface area contributed by atoms with Crippen LogP contribution in [0.1, 0.15) is 16.7 Å². The number of nitrogens with zero attached hydrogens (tertiary/aromatic N) is 3. The number of carbonyl (C=O) groups is 1. The summed E-state index contributed by atoms with van der Waals surface area (Å²) >= 11 is 1.36. The second-order valence-electron chi connectivity index (χ2n) is 8.08. The van der Waals surface area contributed by atoms with Crippen molar-refractivity contribution in [2.45, 2.75) is 25.5 Å². The van der Waals surface area contributed by atoms with Crippen molar-refractivity contribution in [2.24, 2.45) is 0 Å². The zero-order valence-corrected chi connectivity index (χ0v) is 19.8. The Bertz CT molecular complexity index is 1340. The number of hydrogen-bond acceptors (Lipinski definition) is 6.